The standard InChI is InChI=1S/C30H29N3O2/c34-22-26(35)14-13-23-9-11-24(12-10-23)20-32(21-25-15-16-31-19-25)17-18-33-29-7-3-1-5-27(29)28-6-2-4-8-30(28)33/h1-14,16,19,34H,15,17-18,20-22H2/b14-13+. The van der Waals surface area contributed by atoms with Crippen LogP contribution in [-0.4, -0.2) is 46.3 Å². The fraction of sp³-hybridized carbons (Fsp3) is 0.200. The number of aliphatic hydroxyl groups is 1. The summed E-state index contributed by atoms with van der Waals surface area (Å²) in [5.74, 6) is -0.294. The predicted octanol–water partition coefficient (Wildman–Crippen LogP) is 5.23. The molecule has 1 aromatic heterocycles. The number of nitrogens with zero attached hydrogens (tertiary/aromatic N) is 3. The monoisotopic (exact) mass is 463 g/mol. The highest BCUT2D eigenvalue weighted by Crippen LogP contribution is 2.28. The van der Waals surface area contributed by atoms with Crippen LogP contribution in [0.25, 0.3) is 27.9 Å². The Balaban J connectivity index is 1.35. The maximum atomic E-state index is 11.3. The molecule has 3 aromatic carbocycles. The van der Waals surface area contributed by atoms with Gasteiger partial charge in [-0.25, -0.2) is 0 Å². The van der Waals surface area contributed by atoms with Gasteiger partial charge in [0.15, 0.2) is 5.78 Å². The van der Waals surface area contributed by atoms with E-state index in [1.54, 1.807) is 6.08 Å². The summed E-state index contributed by atoms with van der Waals surface area (Å²) >= 11 is 0. The Bertz CT molecular complexity index is 1370. The van der Waals surface area contributed by atoms with Crippen LogP contribution in [0.5, 0.6) is 0 Å². The Kier molecular flexibility index (Phi) is 6.98. The van der Waals surface area contributed by atoms with E-state index in [2.05, 4.69) is 75.1 Å². The number of ketones is 1. The normalized spacial score (nSPS) is 13.5. The van der Waals surface area contributed by atoms with Gasteiger partial charge >= 0.3 is 0 Å². The minimum absolute atomic E-state index is 0.294. The van der Waals surface area contributed by atoms with E-state index in [1.807, 2.05) is 24.5 Å². The van der Waals surface area contributed by atoms with Crippen molar-refractivity contribution in [2.45, 2.75) is 19.5 Å². The van der Waals surface area contributed by atoms with Crippen molar-refractivity contribution in [3.8, 4) is 0 Å². The minimum Gasteiger partial charge on any atom is -0.388 e. The van der Waals surface area contributed by atoms with Gasteiger partial charge in [-0.3, -0.25) is 14.7 Å². The summed E-state index contributed by atoms with van der Waals surface area (Å²) < 4.78 is 2.43. The van der Waals surface area contributed by atoms with E-state index in [0.29, 0.717) is 0 Å². The fourth-order valence-corrected chi connectivity index (χ4v) is 4.71. The van der Waals surface area contributed by atoms with Gasteiger partial charge in [-0.15, -0.1) is 0 Å². The van der Waals surface area contributed by atoms with Crippen LogP contribution >= 0.6 is 0 Å². The second-order valence-corrected chi connectivity index (χ2v) is 8.92. The third-order valence-corrected chi connectivity index (χ3v) is 6.47. The number of aliphatic imine (C=N–C) groups is 1. The van der Waals surface area contributed by atoms with Gasteiger partial charge in [-0.1, -0.05) is 66.7 Å². The first-order valence-corrected chi connectivity index (χ1v) is 12.0. The van der Waals surface area contributed by atoms with E-state index in [4.69, 9.17) is 5.11 Å². The molecule has 5 nitrogen and oxygen atoms in total. The molecule has 5 heteroatoms. The molecule has 1 aliphatic rings. The molecule has 0 atom stereocenters. The molecule has 1 aliphatic heterocycles. The van der Waals surface area contributed by atoms with Crippen LogP contribution in [0.4, 0.5) is 0 Å². The highest BCUT2D eigenvalue weighted by atomic mass is 16.3. The topological polar surface area (TPSA) is 57.8 Å². The Morgan fingerprint density at radius 2 is 1.63 bits per heavy atom. The van der Waals surface area contributed by atoms with Crippen molar-refractivity contribution >= 4 is 39.9 Å². The molecule has 0 spiro atoms. The number of aromatic nitrogens is 1. The minimum atomic E-state index is -0.463. The second kappa shape index (κ2) is 10.6. The molecule has 0 aliphatic carbocycles. The van der Waals surface area contributed by atoms with Crippen molar-refractivity contribution in [2.75, 3.05) is 19.7 Å². The highest BCUT2D eigenvalue weighted by molar-refractivity contribution is 6.07. The highest BCUT2D eigenvalue weighted by Gasteiger charge is 2.14. The SMILES string of the molecule is O=C(/C=C/c1ccc(CN(CCn2c3ccccc3c3ccccc32)CC2=CN=CC2)cc1)CO. The summed E-state index contributed by atoms with van der Waals surface area (Å²) in [6.07, 6.45) is 8.02. The van der Waals surface area contributed by atoms with Gasteiger partial charge in [0, 0.05) is 66.8 Å². The lowest BCUT2D eigenvalue weighted by Gasteiger charge is -2.24. The Morgan fingerprint density at radius 3 is 2.26 bits per heavy atom. The van der Waals surface area contributed by atoms with Crippen molar-refractivity contribution in [3.63, 3.8) is 0 Å². The lowest BCUT2D eigenvalue weighted by molar-refractivity contribution is -0.117. The number of fused-ring (bicyclic) bond motifs is 3. The zero-order chi connectivity index (χ0) is 24.0. The maximum absolute atomic E-state index is 11.3. The van der Waals surface area contributed by atoms with Crippen molar-refractivity contribution in [1.82, 2.24) is 9.47 Å². The molecule has 1 N–H and O–H groups in total. The molecule has 0 amide bonds. The van der Waals surface area contributed by atoms with E-state index in [9.17, 15) is 4.79 Å². The smallest absolute Gasteiger partial charge is 0.181 e. The van der Waals surface area contributed by atoms with Gasteiger partial charge in [-0.2, -0.15) is 0 Å². The quantitative estimate of drug-likeness (QED) is 0.328. The average Bonchev–Trinajstić information content (AvgIpc) is 3.52. The van der Waals surface area contributed by atoms with Gasteiger partial charge in [0.2, 0.25) is 0 Å². The molecule has 2 heterocycles. The molecule has 4 aromatic rings. The van der Waals surface area contributed by atoms with E-state index < -0.39 is 6.61 Å². The van der Waals surface area contributed by atoms with Crippen LogP contribution in [0, 0.1) is 0 Å². The molecule has 35 heavy (non-hydrogen) atoms. The van der Waals surface area contributed by atoms with Gasteiger partial charge in [0.25, 0.3) is 0 Å². The van der Waals surface area contributed by atoms with Crippen molar-refractivity contribution < 1.29 is 9.90 Å². The van der Waals surface area contributed by atoms with Crippen LogP contribution in [0.3, 0.4) is 0 Å². The summed E-state index contributed by atoms with van der Waals surface area (Å²) in [5.41, 5.74) is 6.03. The molecule has 176 valence electrons. The molecule has 5 rings (SSSR count). The van der Waals surface area contributed by atoms with E-state index >= 15 is 0 Å². The molecule has 0 unspecified atom stereocenters. The van der Waals surface area contributed by atoms with Gasteiger partial charge in [0.05, 0.1) is 0 Å². The maximum Gasteiger partial charge on any atom is 0.181 e. The molecule has 0 saturated carbocycles. The van der Waals surface area contributed by atoms with E-state index in [-0.39, 0.29) is 5.78 Å². The van der Waals surface area contributed by atoms with Gasteiger partial charge in [0.1, 0.15) is 6.61 Å². The summed E-state index contributed by atoms with van der Waals surface area (Å²) in [6, 6.07) is 25.5. The van der Waals surface area contributed by atoms with Gasteiger partial charge in [-0.05, 0) is 34.9 Å². The number of para-hydroxylation sites is 2. The number of hydrogen-bond donors (Lipinski definition) is 1. The fourth-order valence-electron chi connectivity index (χ4n) is 4.71. The van der Waals surface area contributed by atoms with Crippen LogP contribution in [0.15, 0.2) is 95.6 Å². The van der Waals surface area contributed by atoms with Gasteiger partial charge < -0.3 is 9.67 Å². The van der Waals surface area contributed by atoms with Crippen molar-refractivity contribution in [1.29, 1.82) is 0 Å². The number of hydrogen-bond acceptors (Lipinski definition) is 4. The van der Waals surface area contributed by atoms with Crippen LogP contribution in [0.2, 0.25) is 0 Å². The first kappa shape index (κ1) is 23.0. The van der Waals surface area contributed by atoms with Crippen molar-refractivity contribution in [2.24, 2.45) is 4.99 Å². The number of benzene rings is 3. The summed E-state index contributed by atoms with van der Waals surface area (Å²) in [6.45, 7) is 3.05. The van der Waals surface area contributed by atoms with Crippen LogP contribution in [-0.2, 0) is 17.9 Å². The molecule has 0 saturated heterocycles. The summed E-state index contributed by atoms with van der Waals surface area (Å²) in [5, 5.41) is 11.5. The second-order valence-electron chi connectivity index (χ2n) is 8.92. The zero-order valence-electron chi connectivity index (χ0n) is 19.7. The van der Waals surface area contributed by atoms with E-state index in [1.165, 1.54) is 39.0 Å². The van der Waals surface area contributed by atoms with Crippen molar-refractivity contribution in [3.05, 3.63) is 102 Å². The molecular weight excluding hydrogens is 434 g/mol. The first-order chi connectivity index (χ1) is 17.2. The first-order valence-electron chi connectivity index (χ1n) is 12.0. The molecular formula is C30H29N3O2. The van der Waals surface area contributed by atoms with Crippen LogP contribution in [0.1, 0.15) is 17.5 Å². The summed E-state index contributed by atoms with van der Waals surface area (Å²) in [4.78, 5) is 18.1. The lowest BCUT2D eigenvalue weighted by Crippen LogP contribution is -2.29. The number of rotatable bonds is 10. The predicted molar refractivity (Wildman–Crippen MR) is 143 cm³/mol. The number of aliphatic hydroxyl groups excluding tert-OH is 1. The largest absolute Gasteiger partial charge is 0.388 e. The number of carbonyl (C=O) groups is 1. The third kappa shape index (κ3) is 5.32. The third-order valence-electron chi connectivity index (χ3n) is 6.47. The summed E-state index contributed by atoms with van der Waals surface area (Å²) in [7, 11) is 0. The Hall–Kier alpha value is -3.80. The number of carbonyl (C=O) groups excluding carboxylic acids is 1. The Labute approximate surface area is 205 Å². The molecule has 0 bridgehead atoms. The Morgan fingerprint density at radius 1 is 0.943 bits per heavy atom. The lowest BCUT2D eigenvalue weighted by atomic mass is 10.1. The van der Waals surface area contributed by atoms with E-state index in [0.717, 1.165) is 38.2 Å². The average molecular weight is 464 g/mol. The molecule has 0 fully saturated rings. The molecule has 0 radical (unpaired) electrons. The zero-order valence-corrected chi connectivity index (χ0v) is 19.7. The van der Waals surface area contributed by atoms with Crippen LogP contribution < -0.4 is 0 Å².